The van der Waals surface area contributed by atoms with Crippen molar-refractivity contribution in [2.24, 2.45) is 5.73 Å². The molecule has 2 aromatic rings. The molecule has 2 heterocycles. The molecule has 17 heavy (non-hydrogen) atoms. The molecule has 1 aliphatic carbocycles. The third kappa shape index (κ3) is 2.01. The molecule has 2 atom stereocenters. The molecule has 0 saturated heterocycles. The highest BCUT2D eigenvalue weighted by Gasteiger charge is 2.27. The zero-order chi connectivity index (χ0) is 11.7. The Balaban J connectivity index is 1.95. The lowest BCUT2D eigenvalue weighted by molar-refractivity contribution is 0.463. The molecule has 88 valence electrons. The molecular formula is C14H16N2S. The first-order valence-corrected chi connectivity index (χ1v) is 7.02. The number of fused-ring (bicyclic) bond motifs is 1. The zero-order valence-corrected chi connectivity index (χ0v) is 10.5. The zero-order valence-electron chi connectivity index (χ0n) is 9.67. The highest BCUT2D eigenvalue weighted by atomic mass is 32.1. The normalized spacial score (nSPS) is 20.9. The minimum absolute atomic E-state index is 0.0928. The first kappa shape index (κ1) is 10.9. The Morgan fingerprint density at radius 2 is 2.35 bits per heavy atom. The Bertz CT molecular complexity index is 493. The molecule has 2 nitrogen and oxygen atoms in total. The van der Waals surface area contributed by atoms with Gasteiger partial charge in [0.15, 0.2) is 0 Å². The van der Waals surface area contributed by atoms with Crippen LogP contribution in [-0.4, -0.2) is 4.98 Å². The second kappa shape index (κ2) is 4.59. The summed E-state index contributed by atoms with van der Waals surface area (Å²) in [5.74, 6) is 0.384. The summed E-state index contributed by atoms with van der Waals surface area (Å²) in [6.07, 6.45) is 5.41. The van der Waals surface area contributed by atoms with Gasteiger partial charge in [-0.15, -0.1) is 0 Å². The molecule has 0 radical (unpaired) electrons. The van der Waals surface area contributed by atoms with E-state index in [1.165, 1.54) is 23.2 Å². The van der Waals surface area contributed by atoms with Gasteiger partial charge in [0.2, 0.25) is 0 Å². The summed E-state index contributed by atoms with van der Waals surface area (Å²) in [5.41, 5.74) is 10.2. The predicted molar refractivity (Wildman–Crippen MR) is 71.2 cm³/mol. The van der Waals surface area contributed by atoms with Gasteiger partial charge in [0.05, 0.1) is 0 Å². The van der Waals surface area contributed by atoms with Crippen molar-refractivity contribution in [1.29, 1.82) is 0 Å². The molecule has 0 aromatic carbocycles. The molecule has 3 heteroatoms. The molecule has 0 amide bonds. The summed E-state index contributed by atoms with van der Waals surface area (Å²) >= 11 is 1.71. The van der Waals surface area contributed by atoms with Crippen LogP contribution in [0.5, 0.6) is 0 Å². The molecule has 3 rings (SSSR count). The van der Waals surface area contributed by atoms with E-state index >= 15 is 0 Å². The number of aromatic nitrogens is 1. The number of nitrogens with zero attached hydrogens (tertiary/aromatic N) is 1. The fourth-order valence-electron chi connectivity index (χ4n) is 2.69. The molecule has 0 fully saturated rings. The van der Waals surface area contributed by atoms with Crippen LogP contribution in [0.3, 0.4) is 0 Å². The number of hydrogen-bond acceptors (Lipinski definition) is 3. The highest BCUT2D eigenvalue weighted by molar-refractivity contribution is 7.07. The molecule has 2 N–H and O–H groups in total. The largest absolute Gasteiger partial charge is 0.323 e. The van der Waals surface area contributed by atoms with Crippen LogP contribution in [0.1, 0.15) is 41.6 Å². The van der Waals surface area contributed by atoms with Gasteiger partial charge in [0, 0.05) is 23.9 Å². The van der Waals surface area contributed by atoms with E-state index in [0.717, 1.165) is 12.8 Å². The average molecular weight is 244 g/mol. The van der Waals surface area contributed by atoms with Crippen molar-refractivity contribution in [3.8, 4) is 0 Å². The van der Waals surface area contributed by atoms with Crippen LogP contribution in [0.15, 0.2) is 35.2 Å². The third-order valence-electron chi connectivity index (χ3n) is 3.60. The van der Waals surface area contributed by atoms with Gasteiger partial charge in [-0.3, -0.25) is 4.98 Å². The van der Waals surface area contributed by atoms with Crippen molar-refractivity contribution in [1.82, 2.24) is 4.98 Å². The van der Waals surface area contributed by atoms with Gasteiger partial charge in [-0.05, 0) is 53.3 Å². The fraction of sp³-hybridized carbons (Fsp3) is 0.357. The number of thiophene rings is 1. The lowest BCUT2D eigenvalue weighted by Gasteiger charge is -2.28. The van der Waals surface area contributed by atoms with Crippen LogP contribution in [0, 0.1) is 0 Å². The van der Waals surface area contributed by atoms with Crippen molar-refractivity contribution >= 4 is 11.3 Å². The van der Waals surface area contributed by atoms with Crippen LogP contribution in [-0.2, 0) is 6.42 Å². The van der Waals surface area contributed by atoms with Crippen molar-refractivity contribution in [2.45, 2.75) is 31.2 Å². The molecule has 1 aliphatic rings. The Morgan fingerprint density at radius 1 is 1.41 bits per heavy atom. The Kier molecular flexibility index (Phi) is 2.95. The van der Waals surface area contributed by atoms with Gasteiger partial charge in [-0.1, -0.05) is 6.07 Å². The number of aryl methyl sites for hydroxylation is 1. The van der Waals surface area contributed by atoms with E-state index in [-0.39, 0.29) is 6.04 Å². The monoisotopic (exact) mass is 244 g/mol. The maximum absolute atomic E-state index is 6.40. The van der Waals surface area contributed by atoms with E-state index in [4.69, 9.17) is 5.73 Å². The van der Waals surface area contributed by atoms with Crippen LogP contribution in [0.2, 0.25) is 0 Å². The molecule has 0 bridgehead atoms. The third-order valence-corrected chi connectivity index (χ3v) is 4.30. The first-order chi connectivity index (χ1) is 8.36. The van der Waals surface area contributed by atoms with E-state index in [1.807, 2.05) is 12.3 Å². The highest BCUT2D eigenvalue weighted by Crippen LogP contribution is 2.38. The van der Waals surface area contributed by atoms with E-state index < -0.39 is 0 Å². The van der Waals surface area contributed by atoms with Gasteiger partial charge >= 0.3 is 0 Å². The molecule has 2 aromatic heterocycles. The number of pyridine rings is 1. The maximum atomic E-state index is 6.40. The minimum Gasteiger partial charge on any atom is -0.323 e. The fourth-order valence-corrected chi connectivity index (χ4v) is 3.40. The summed E-state index contributed by atoms with van der Waals surface area (Å²) < 4.78 is 0. The lowest BCUT2D eigenvalue weighted by atomic mass is 9.80. The first-order valence-electron chi connectivity index (χ1n) is 6.08. The van der Waals surface area contributed by atoms with Gasteiger partial charge in [0.25, 0.3) is 0 Å². The van der Waals surface area contributed by atoms with Crippen LogP contribution >= 0.6 is 11.3 Å². The van der Waals surface area contributed by atoms with Crippen LogP contribution in [0.4, 0.5) is 0 Å². The SMILES string of the molecule is NC(c1ccsc1)C1CCCc2cccnc21. The van der Waals surface area contributed by atoms with Crippen LogP contribution in [0.25, 0.3) is 0 Å². The standard InChI is InChI=1S/C14H16N2S/c15-13(11-6-8-17-9-11)12-5-1-3-10-4-2-7-16-14(10)12/h2,4,6-9,12-13H,1,3,5,15H2. The molecule has 0 aliphatic heterocycles. The second-order valence-electron chi connectivity index (χ2n) is 4.63. The van der Waals surface area contributed by atoms with E-state index in [2.05, 4.69) is 27.9 Å². The second-order valence-corrected chi connectivity index (χ2v) is 5.41. The summed E-state index contributed by atoms with van der Waals surface area (Å²) in [7, 11) is 0. The molecular weight excluding hydrogens is 228 g/mol. The molecule has 2 unspecified atom stereocenters. The maximum Gasteiger partial charge on any atom is 0.0485 e. The molecule has 0 spiro atoms. The Labute approximate surface area is 106 Å². The average Bonchev–Trinajstić information content (AvgIpc) is 2.91. The van der Waals surface area contributed by atoms with E-state index in [1.54, 1.807) is 11.3 Å². The topological polar surface area (TPSA) is 38.9 Å². The number of nitrogens with two attached hydrogens (primary N) is 1. The lowest BCUT2D eigenvalue weighted by Crippen LogP contribution is -2.24. The minimum atomic E-state index is 0.0928. The van der Waals surface area contributed by atoms with Crippen LogP contribution < -0.4 is 5.73 Å². The van der Waals surface area contributed by atoms with Crippen molar-refractivity contribution < 1.29 is 0 Å². The smallest absolute Gasteiger partial charge is 0.0485 e. The predicted octanol–water partition coefficient (Wildman–Crippen LogP) is 3.26. The van der Waals surface area contributed by atoms with E-state index in [0.29, 0.717) is 5.92 Å². The Morgan fingerprint density at radius 3 is 3.18 bits per heavy atom. The Hall–Kier alpha value is -1.19. The number of rotatable bonds is 2. The van der Waals surface area contributed by atoms with Gasteiger partial charge in [-0.25, -0.2) is 0 Å². The van der Waals surface area contributed by atoms with Gasteiger partial charge < -0.3 is 5.73 Å². The van der Waals surface area contributed by atoms with Crippen molar-refractivity contribution in [2.75, 3.05) is 0 Å². The summed E-state index contributed by atoms with van der Waals surface area (Å²) in [6.45, 7) is 0. The van der Waals surface area contributed by atoms with E-state index in [9.17, 15) is 0 Å². The molecule has 0 saturated carbocycles. The quantitative estimate of drug-likeness (QED) is 0.880. The van der Waals surface area contributed by atoms with Crippen molar-refractivity contribution in [3.05, 3.63) is 52.0 Å². The summed E-state index contributed by atoms with van der Waals surface area (Å²) in [4.78, 5) is 4.56. The summed E-state index contributed by atoms with van der Waals surface area (Å²) in [6, 6.07) is 6.44. The number of hydrogen-bond donors (Lipinski definition) is 1. The summed E-state index contributed by atoms with van der Waals surface area (Å²) in [5, 5.41) is 4.25. The van der Waals surface area contributed by atoms with Crippen molar-refractivity contribution in [3.63, 3.8) is 0 Å². The van der Waals surface area contributed by atoms with Gasteiger partial charge in [-0.2, -0.15) is 11.3 Å². The van der Waals surface area contributed by atoms with Gasteiger partial charge in [0.1, 0.15) is 0 Å².